The third-order valence-corrected chi connectivity index (χ3v) is 4.52. The number of carbonyl (C=O) groups is 2. The average Bonchev–Trinajstić information content (AvgIpc) is 3.33. The fourth-order valence-corrected chi connectivity index (χ4v) is 3.03. The van der Waals surface area contributed by atoms with E-state index >= 15 is 0 Å². The van der Waals surface area contributed by atoms with Crippen LogP contribution in [0.2, 0.25) is 0 Å². The second kappa shape index (κ2) is 7.18. The molecule has 1 amide bonds. The standard InChI is InChI=1S/C17H20N2O6/c1-24-17(21)13-6-12(7-15(8-13)19(22)23)16(20)18(14-2-3-14)9-11-4-5-25-10-11/h6-8,11,14H,2-5,9-10H2,1H3. The lowest BCUT2D eigenvalue weighted by atomic mass is 10.1. The third kappa shape index (κ3) is 3.96. The SMILES string of the molecule is COC(=O)c1cc(C(=O)N(CC2CCOC2)C2CC2)cc([N+](=O)[O-])c1. The first-order chi connectivity index (χ1) is 12.0. The Morgan fingerprint density at radius 1 is 1.28 bits per heavy atom. The molecule has 25 heavy (non-hydrogen) atoms. The van der Waals surface area contributed by atoms with E-state index in [1.165, 1.54) is 19.2 Å². The van der Waals surface area contributed by atoms with Gasteiger partial charge in [-0.05, 0) is 25.3 Å². The van der Waals surface area contributed by atoms with E-state index in [1.54, 1.807) is 4.90 Å². The molecule has 2 fully saturated rings. The van der Waals surface area contributed by atoms with Gasteiger partial charge in [-0.25, -0.2) is 4.79 Å². The van der Waals surface area contributed by atoms with Gasteiger partial charge in [-0.15, -0.1) is 0 Å². The average molecular weight is 348 g/mol. The summed E-state index contributed by atoms with van der Waals surface area (Å²) in [5.41, 5.74) is -0.161. The summed E-state index contributed by atoms with van der Waals surface area (Å²) in [6.45, 7) is 1.89. The molecule has 1 aromatic rings. The van der Waals surface area contributed by atoms with Crippen molar-refractivity contribution in [2.45, 2.75) is 25.3 Å². The molecule has 1 heterocycles. The van der Waals surface area contributed by atoms with Crippen LogP contribution in [0.25, 0.3) is 0 Å². The van der Waals surface area contributed by atoms with Crippen LogP contribution in [0, 0.1) is 16.0 Å². The Morgan fingerprint density at radius 2 is 2.00 bits per heavy atom. The number of hydrogen-bond donors (Lipinski definition) is 0. The van der Waals surface area contributed by atoms with Crippen molar-refractivity contribution in [2.24, 2.45) is 5.92 Å². The molecule has 134 valence electrons. The van der Waals surface area contributed by atoms with Gasteiger partial charge in [0.1, 0.15) is 0 Å². The van der Waals surface area contributed by atoms with Crippen LogP contribution < -0.4 is 0 Å². The van der Waals surface area contributed by atoms with Gasteiger partial charge in [0, 0.05) is 42.8 Å². The maximum atomic E-state index is 13.0. The Morgan fingerprint density at radius 3 is 2.56 bits per heavy atom. The van der Waals surface area contributed by atoms with Crippen LogP contribution in [0.3, 0.4) is 0 Å². The Bertz CT molecular complexity index is 694. The first-order valence-corrected chi connectivity index (χ1v) is 8.26. The first-order valence-electron chi connectivity index (χ1n) is 8.26. The number of nitro groups is 1. The number of benzene rings is 1. The second-order valence-electron chi connectivity index (χ2n) is 6.44. The van der Waals surface area contributed by atoms with Crippen LogP contribution >= 0.6 is 0 Å². The quantitative estimate of drug-likeness (QED) is 0.443. The zero-order valence-corrected chi connectivity index (χ0v) is 14.0. The highest BCUT2D eigenvalue weighted by atomic mass is 16.6. The van der Waals surface area contributed by atoms with E-state index in [0.29, 0.717) is 19.8 Å². The zero-order valence-electron chi connectivity index (χ0n) is 14.0. The van der Waals surface area contributed by atoms with E-state index in [-0.39, 0.29) is 34.7 Å². The number of methoxy groups -OCH3 is 1. The number of hydrogen-bond acceptors (Lipinski definition) is 6. The largest absolute Gasteiger partial charge is 0.465 e. The lowest BCUT2D eigenvalue weighted by Gasteiger charge is -2.25. The van der Waals surface area contributed by atoms with Gasteiger partial charge in [0.05, 0.1) is 24.2 Å². The van der Waals surface area contributed by atoms with Gasteiger partial charge >= 0.3 is 5.97 Å². The van der Waals surface area contributed by atoms with Crippen molar-refractivity contribution < 1.29 is 24.0 Å². The Balaban J connectivity index is 1.89. The molecular formula is C17H20N2O6. The van der Waals surface area contributed by atoms with Crippen molar-refractivity contribution >= 4 is 17.6 Å². The molecule has 0 radical (unpaired) electrons. The van der Waals surface area contributed by atoms with Gasteiger partial charge in [0.2, 0.25) is 0 Å². The number of esters is 1. The minimum Gasteiger partial charge on any atom is -0.465 e. The maximum absolute atomic E-state index is 13.0. The molecule has 1 atom stereocenters. The van der Waals surface area contributed by atoms with Gasteiger partial charge in [0.15, 0.2) is 0 Å². The van der Waals surface area contributed by atoms with Crippen LogP contribution in [0.4, 0.5) is 5.69 Å². The van der Waals surface area contributed by atoms with E-state index in [1.807, 2.05) is 0 Å². The minimum atomic E-state index is -0.708. The summed E-state index contributed by atoms with van der Waals surface area (Å²) >= 11 is 0. The van der Waals surface area contributed by atoms with Gasteiger partial charge < -0.3 is 14.4 Å². The maximum Gasteiger partial charge on any atom is 0.338 e. The highest BCUT2D eigenvalue weighted by molar-refractivity contribution is 5.99. The molecule has 2 aliphatic rings. The van der Waals surface area contributed by atoms with E-state index in [2.05, 4.69) is 4.74 Å². The molecule has 0 spiro atoms. The molecule has 1 aliphatic carbocycles. The highest BCUT2D eigenvalue weighted by Crippen LogP contribution is 2.31. The molecule has 1 aromatic carbocycles. The van der Waals surface area contributed by atoms with Crippen molar-refractivity contribution in [2.75, 3.05) is 26.9 Å². The Hall–Kier alpha value is -2.48. The lowest BCUT2D eigenvalue weighted by molar-refractivity contribution is -0.384. The van der Waals surface area contributed by atoms with Gasteiger partial charge in [-0.2, -0.15) is 0 Å². The predicted molar refractivity (Wildman–Crippen MR) is 87.4 cm³/mol. The fourth-order valence-electron chi connectivity index (χ4n) is 3.03. The number of rotatable bonds is 6. The predicted octanol–water partition coefficient (Wildman–Crippen LogP) is 2.02. The summed E-state index contributed by atoms with van der Waals surface area (Å²) in [6.07, 6.45) is 2.76. The summed E-state index contributed by atoms with van der Waals surface area (Å²) in [5.74, 6) is -0.716. The highest BCUT2D eigenvalue weighted by Gasteiger charge is 2.36. The summed E-state index contributed by atoms with van der Waals surface area (Å²) in [6, 6.07) is 3.86. The van der Waals surface area contributed by atoms with Crippen LogP contribution in [0.1, 0.15) is 40.0 Å². The zero-order chi connectivity index (χ0) is 18.0. The van der Waals surface area contributed by atoms with E-state index in [0.717, 1.165) is 25.3 Å². The minimum absolute atomic E-state index is 0.00000310. The van der Waals surface area contributed by atoms with Crippen molar-refractivity contribution in [3.05, 3.63) is 39.4 Å². The molecule has 8 heteroatoms. The number of amides is 1. The third-order valence-electron chi connectivity index (χ3n) is 4.52. The van der Waals surface area contributed by atoms with Crippen molar-refractivity contribution in [3.63, 3.8) is 0 Å². The molecule has 1 saturated heterocycles. The van der Waals surface area contributed by atoms with Gasteiger partial charge in [-0.3, -0.25) is 14.9 Å². The van der Waals surface area contributed by atoms with E-state index < -0.39 is 10.9 Å². The number of nitrogens with zero attached hydrogens (tertiary/aromatic N) is 2. The topological polar surface area (TPSA) is 99.0 Å². The van der Waals surface area contributed by atoms with E-state index in [4.69, 9.17) is 4.74 Å². The second-order valence-corrected chi connectivity index (χ2v) is 6.44. The Labute approximate surface area is 144 Å². The van der Waals surface area contributed by atoms with Crippen LogP contribution in [-0.4, -0.2) is 54.6 Å². The molecule has 0 N–H and O–H groups in total. The van der Waals surface area contributed by atoms with Crippen LogP contribution in [0.15, 0.2) is 18.2 Å². The van der Waals surface area contributed by atoms with Gasteiger partial charge in [0.25, 0.3) is 11.6 Å². The van der Waals surface area contributed by atoms with Crippen LogP contribution in [0.5, 0.6) is 0 Å². The Kier molecular flexibility index (Phi) is 4.98. The molecule has 0 aromatic heterocycles. The molecule has 3 rings (SSSR count). The molecule has 8 nitrogen and oxygen atoms in total. The summed E-state index contributed by atoms with van der Waals surface area (Å²) in [4.78, 5) is 37.0. The summed E-state index contributed by atoms with van der Waals surface area (Å²) in [5, 5.41) is 11.1. The fraction of sp³-hybridized carbons (Fsp3) is 0.529. The van der Waals surface area contributed by atoms with Crippen molar-refractivity contribution in [1.82, 2.24) is 4.90 Å². The molecule has 1 aliphatic heterocycles. The summed E-state index contributed by atoms with van der Waals surface area (Å²) in [7, 11) is 1.19. The first kappa shape index (κ1) is 17.3. The smallest absolute Gasteiger partial charge is 0.338 e. The summed E-state index contributed by atoms with van der Waals surface area (Å²) < 4.78 is 10.0. The number of non-ortho nitro benzene ring substituents is 1. The number of carbonyl (C=O) groups excluding carboxylic acids is 2. The van der Waals surface area contributed by atoms with Crippen molar-refractivity contribution in [3.8, 4) is 0 Å². The van der Waals surface area contributed by atoms with Crippen molar-refractivity contribution in [1.29, 1.82) is 0 Å². The van der Waals surface area contributed by atoms with E-state index in [9.17, 15) is 19.7 Å². The number of nitro benzene ring substituents is 1. The molecule has 0 bridgehead atoms. The molecule has 1 saturated carbocycles. The lowest BCUT2D eigenvalue weighted by Crippen LogP contribution is -2.37. The normalized spacial score (nSPS) is 19.5. The molecule has 1 unspecified atom stereocenters. The van der Waals surface area contributed by atoms with Crippen LogP contribution in [-0.2, 0) is 9.47 Å². The number of ether oxygens (including phenoxy) is 2. The monoisotopic (exact) mass is 348 g/mol. The van der Waals surface area contributed by atoms with Gasteiger partial charge in [-0.1, -0.05) is 0 Å². The molecular weight excluding hydrogens is 328 g/mol.